The molecule has 4 aromatic heterocycles. The van der Waals surface area contributed by atoms with Crippen molar-refractivity contribution in [3.8, 4) is 17.3 Å². The van der Waals surface area contributed by atoms with Crippen molar-refractivity contribution in [3.05, 3.63) is 83.8 Å². The Morgan fingerprint density at radius 2 is 1.98 bits per heavy atom. The Morgan fingerprint density at radius 3 is 2.75 bits per heavy atom. The number of rotatable bonds is 6. The van der Waals surface area contributed by atoms with Crippen molar-refractivity contribution >= 4 is 34.3 Å². The van der Waals surface area contributed by atoms with E-state index in [-0.39, 0.29) is 11.8 Å². The largest absolute Gasteiger partial charge is 0.434 e. The van der Waals surface area contributed by atoms with Crippen LogP contribution in [0.25, 0.3) is 22.4 Å². The summed E-state index contributed by atoms with van der Waals surface area (Å²) in [5.74, 6) is -0.245. The van der Waals surface area contributed by atoms with E-state index in [0.29, 0.717) is 46.2 Å². The van der Waals surface area contributed by atoms with Crippen LogP contribution in [-0.2, 0) is 10.9 Å². The van der Waals surface area contributed by atoms with Gasteiger partial charge in [-0.1, -0.05) is 6.07 Å². The summed E-state index contributed by atoms with van der Waals surface area (Å²) in [6, 6.07) is 11.0. The number of alkyl halides is 3. The minimum absolute atomic E-state index is 0.145. The fourth-order valence-electron chi connectivity index (χ4n) is 4.96. The van der Waals surface area contributed by atoms with Crippen molar-refractivity contribution in [3.63, 3.8) is 0 Å². The number of nitriles is 1. The number of pyridine rings is 2. The van der Waals surface area contributed by atoms with Gasteiger partial charge in [-0.25, -0.2) is 24.9 Å². The predicted molar refractivity (Wildman–Crippen MR) is 154 cm³/mol. The number of nitrogens with zero attached hydrogens (tertiary/aromatic N) is 7. The van der Waals surface area contributed by atoms with Gasteiger partial charge >= 0.3 is 6.18 Å². The van der Waals surface area contributed by atoms with Gasteiger partial charge < -0.3 is 15.4 Å². The molecule has 11 nitrogen and oxygen atoms in total. The van der Waals surface area contributed by atoms with Crippen LogP contribution in [0, 0.1) is 18.3 Å². The number of halogens is 3. The third kappa shape index (κ3) is 5.64. The van der Waals surface area contributed by atoms with E-state index >= 15 is 0 Å². The summed E-state index contributed by atoms with van der Waals surface area (Å²) < 4.78 is 47.2. The molecule has 2 N–H and O–H groups in total. The van der Waals surface area contributed by atoms with Crippen LogP contribution in [0.3, 0.4) is 0 Å². The van der Waals surface area contributed by atoms with Gasteiger partial charge in [0.25, 0.3) is 5.91 Å². The van der Waals surface area contributed by atoms with Crippen molar-refractivity contribution in [2.75, 3.05) is 17.2 Å². The quantitative estimate of drug-likeness (QED) is 0.234. The number of carbonyl (C=O) groups excluding carboxylic acids is 1. The Balaban J connectivity index is 1.28. The maximum Gasteiger partial charge on any atom is 0.434 e. The zero-order chi connectivity index (χ0) is 30.8. The molecule has 1 unspecified atom stereocenters. The molecular formula is C30H24F3N9O2. The van der Waals surface area contributed by atoms with E-state index in [1.165, 1.54) is 12.4 Å². The second-order valence-electron chi connectivity index (χ2n) is 10.1. The van der Waals surface area contributed by atoms with Crippen molar-refractivity contribution < 1.29 is 22.7 Å². The summed E-state index contributed by atoms with van der Waals surface area (Å²) in [6.45, 7) is 2.55. The first-order chi connectivity index (χ1) is 21.2. The number of anilines is 3. The van der Waals surface area contributed by atoms with Gasteiger partial charge in [0.15, 0.2) is 11.3 Å². The molecule has 44 heavy (non-hydrogen) atoms. The lowest BCUT2D eigenvalue weighted by molar-refractivity contribution is -0.141. The van der Waals surface area contributed by atoms with Gasteiger partial charge in [0.2, 0.25) is 0 Å². The molecule has 1 fully saturated rings. The van der Waals surface area contributed by atoms with Crippen LogP contribution in [0.2, 0.25) is 0 Å². The Bertz CT molecular complexity index is 1910. The molecule has 1 saturated heterocycles. The van der Waals surface area contributed by atoms with E-state index in [1.807, 2.05) is 17.6 Å². The van der Waals surface area contributed by atoms with E-state index in [0.717, 1.165) is 37.1 Å². The summed E-state index contributed by atoms with van der Waals surface area (Å²) in [7, 11) is 0. The molecule has 1 atom stereocenters. The number of aryl methyl sites for hydroxylation is 1. The summed E-state index contributed by atoms with van der Waals surface area (Å²) in [6.07, 6.45) is 3.59. The SMILES string of the molecule is Cc1ccc(NC(=O)c2cnc(C(F)(F)F)c(C#N)c2)cc1Nc1ncccc1-c1ncnc2c1ncn2C1CCCCO1. The standard InChI is InChI=1S/C30H24F3N9O2/c1-17-7-8-20(40-29(43)19-11-18(13-34)26(36-14-19)30(31,32)33)12-22(17)41-27-21(5-4-9-35-27)24-25-28(38-15-37-24)42(16-39-25)23-6-2-3-10-44-23/h4-5,7-9,11-12,14-16,23H,2-3,6,10H2,1H3,(H,35,41)(H,40,43). The highest BCUT2D eigenvalue weighted by Gasteiger charge is 2.36. The molecule has 1 aliphatic heterocycles. The number of benzene rings is 1. The first kappa shape index (κ1) is 28.7. The molecular weight excluding hydrogens is 575 g/mol. The molecule has 1 aromatic carbocycles. The molecule has 0 saturated carbocycles. The number of hydrogen-bond acceptors (Lipinski definition) is 9. The maximum absolute atomic E-state index is 13.1. The fourth-order valence-corrected chi connectivity index (χ4v) is 4.96. The smallest absolute Gasteiger partial charge is 0.358 e. The van der Waals surface area contributed by atoms with Gasteiger partial charge in [0.1, 0.15) is 35.7 Å². The number of aromatic nitrogens is 6. The van der Waals surface area contributed by atoms with E-state index < -0.39 is 23.3 Å². The van der Waals surface area contributed by atoms with Crippen LogP contribution in [0.15, 0.2) is 61.4 Å². The van der Waals surface area contributed by atoms with Crippen LogP contribution in [-0.4, -0.2) is 42.0 Å². The summed E-state index contributed by atoms with van der Waals surface area (Å²) in [5.41, 5.74) is 2.00. The van der Waals surface area contributed by atoms with Crippen molar-refractivity contribution in [2.24, 2.45) is 0 Å². The molecule has 5 aromatic rings. The van der Waals surface area contributed by atoms with E-state index in [9.17, 15) is 18.0 Å². The second kappa shape index (κ2) is 11.7. The topological polar surface area (TPSA) is 144 Å². The monoisotopic (exact) mass is 599 g/mol. The summed E-state index contributed by atoms with van der Waals surface area (Å²) in [4.78, 5) is 34.3. The molecule has 14 heteroatoms. The van der Waals surface area contributed by atoms with Gasteiger partial charge in [-0.15, -0.1) is 0 Å². The number of fused-ring (bicyclic) bond motifs is 1. The van der Waals surface area contributed by atoms with Crippen LogP contribution >= 0.6 is 0 Å². The number of nitrogens with one attached hydrogen (secondary N) is 2. The van der Waals surface area contributed by atoms with Gasteiger partial charge in [0.05, 0.1) is 17.5 Å². The Hall–Kier alpha value is -5.42. The van der Waals surface area contributed by atoms with Crippen molar-refractivity contribution in [2.45, 2.75) is 38.6 Å². The van der Waals surface area contributed by atoms with Crippen LogP contribution in [0.4, 0.5) is 30.4 Å². The summed E-state index contributed by atoms with van der Waals surface area (Å²) >= 11 is 0. The first-order valence-corrected chi connectivity index (χ1v) is 13.6. The zero-order valence-electron chi connectivity index (χ0n) is 23.3. The van der Waals surface area contributed by atoms with Gasteiger partial charge in [-0.2, -0.15) is 18.4 Å². The average Bonchev–Trinajstić information content (AvgIpc) is 3.47. The lowest BCUT2D eigenvalue weighted by atomic mass is 10.1. The van der Waals surface area contributed by atoms with Gasteiger partial charge in [-0.3, -0.25) is 9.36 Å². The predicted octanol–water partition coefficient (Wildman–Crippen LogP) is 6.18. The molecule has 222 valence electrons. The zero-order valence-corrected chi connectivity index (χ0v) is 23.3. The van der Waals surface area contributed by atoms with E-state index in [2.05, 4.69) is 35.6 Å². The lowest BCUT2D eigenvalue weighted by Gasteiger charge is -2.23. The molecule has 0 spiro atoms. The highest BCUT2D eigenvalue weighted by Crippen LogP contribution is 2.34. The fraction of sp³-hybridized carbons (Fsp3) is 0.233. The summed E-state index contributed by atoms with van der Waals surface area (Å²) in [5, 5.41) is 15.1. The molecule has 0 radical (unpaired) electrons. The molecule has 1 amide bonds. The van der Waals surface area contributed by atoms with Crippen LogP contribution in [0.1, 0.15) is 52.7 Å². The highest BCUT2D eigenvalue weighted by molar-refractivity contribution is 6.04. The third-order valence-electron chi connectivity index (χ3n) is 7.17. The Labute approximate surface area is 248 Å². The van der Waals surface area contributed by atoms with Crippen molar-refractivity contribution in [1.29, 1.82) is 5.26 Å². The molecule has 0 aliphatic carbocycles. The number of ether oxygens (including phenoxy) is 1. The van der Waals surface area contributed by atoms with Gasteiger partial charge in [-0.05, 0) is 62.1 Å². The highest BCUT2D eigenvalue weighted by atomic mass is 19.4. The van der Waals surface area contributed by atoms with Gasteiger partial charge in [0, 0.05) is 35.9 Å². The minimum Gasteiger partial charge on any atom is -0.358 e. The first-order valence-electron chi connectivity index (χ1n) is 13.6. The average molecular weight is 600 g/mol. The third-order valence-corrected chi connectivity index (χ3v) is 7.17. The maximum atomic E-state index is 13.1. The van der Waals surface area contributed by atoms with Crippen LogP contribution < -0.4 is 10.6 Å². The molecule has 6 rings (SSSR count). The molecule has 5 heterocycles. The van der Waals surface area contributed by atoms with Crippen LogP contribution in [0.5, 0.6) is 0 Å². The molecule has 1 aliphatic rings. The second-order valence-corrected chi connectivity index (χ2v) is 10.1. The minimum atomic E-state index is -4.82. The Kier molecular flexibility index (Phi) is 7.62. The van der Waals surface area contributed by atoms with E-state index in [1.54, 1.807) is 36.8 Å². The Morgan fingerprint density at radius 1 is 1.11 bits per heavy atom. The normalized spacial score (nSPS) is 15.1. The number of amides is 1. The number of carbonyl (C=O) groups is 1. The van der Waals surface area contributed by atoms with Crippen molar-refractivity contribution in [1.82, 2.24) is 29.5 Å². The molecule has 0 bridgehead atoms. The number of imidazole rings is 1. The van der Waals surface area contributed by atoms with E-state index in [4.69, 9.17) is 10.00 Å². The number of hydrogen-bond donors (Lipinski definition) is 2. The lowest BCUT2D eigenvalue weighted by Crippen LogP contribution is -2.17.